The number of benzene rings is 5. The first-order valence-electron chi connectivity index (χ1n) is 18.6. The van der Waals surface area contributed by atoms with Crippen molar-refractivity contribution >= 4 is 16.6 Å². The normalized spacial score (nSPS) is 13.6. The summed E-state index contributed by atoms with van der Waals surface area (Å²) in [7, 11) is 4.72. The van der Waals surface area contributed by atoms with Crippen molar-refractivity contribution in [1.29, 1.82) is 0 Å². The highest BCUT2D eigenvalue weighted by Crippen LogP contribution is 2.40. The first kappa shape index (κ1) is 39.9. The van der Waals surface area contributed by atoms with Gasteiger partial charge in [0.1, 0.15) is 11.5 Å². The number of phenols is 3. The predicted molar refractivity (Wildman–Crippen MR) is 216 cm³/mol. The van der Waals surface area contributed by atoms with Crippen LogP contribution < -0.4 is 19.8 Å². The second-order valence-electron chi connectivity index (χ2n) is 14.4. The number of ketones is 1. The number of aliphatic hydroxyl groups excluding tert-OH is 2. The number of Topliss-reactive ketones (excluding diaryl/α,β-unsaturated/α-hetero) is 1. The number of fused-ring (bicyclic) bond motifs is 1. The number of aliphatic hydroxyl groups is 2. The minimum atomic E-state index is -1.59. The lowest BCUT2D eigenvalue weighted by Crippen LogP contribution is -2.44. The number of phenolic OH excluding ortho intramolecular Hbond substituents is 3. The van der Waals surface area contributed by atoms with Crippen LogP contribution >= 0.6 is 0 Å². The average Bonchev–Trinajstić information content (AvgIpc) is 3.71. The molecule has 6 aromatic rings. The molecule has 0 fully saturated rings. The summed E-state index contributed by atoms with van der Waals surface area (Å²) < 4.78 is 11.1. The molecule has 0 saturated carbocycles. The number of hydrogen-bond donors (Lipinski definition) is 6. The molecule has 0 spiro atoms. The topological polar surface area (TPSA) is 163 Å². The summed E-state index contributed by atoms with van der Waals surface area (Å²) >= 11 is 0. The van der Waals surface area contributed by atoms with Gasteiger partial charge in [-0.15, -0.1) is 0 Å². The van der Waals surface area contributed by atoms with E-state index in [2.05, 4.69) is 34.6 Å². The smallest absolute Gasteiger partial charge is 0.164 e. The molecule has 3 atom stereocenters. The Morgan fingerprint density at radius 3 is 2.34 bits per heavy atom. The van der Waals surface area contributed by atoms with Crippen LogP contribution in [0.25, 0.3) is 10.8 Å². The van der Waals surface area contributed by atoms with E-state index in [0.29, 0.717) is 48.2 Å². The first-order valence-corrected chi connectivity index (χ1v) is 18.6. The summed E-state index contributed by atoms with van der Waals surface area (Å²) in [6, 6.07) is 29.1. The zero-order valence-corrected chi connectivity index (χ0v) is 31.9. The van der Waals surface area contributed by atoms with Crippen LogP contribution in [0.3, 0.4) is 0 Å². The molecule has 5 aromatic carbocycles. The molecule has 1 heterocycles. The van der Waals surface area contributed by atoms with Crippen LogP contribution in [0, 0.1) is 5.92 Å². The maximum Gasteiger partial charge on any atom is 0.164 e. The minimum Gasteiger partial charge on any atom is -0.670 e. The summed E-state index contributed by atoms with van der Waals surface area (Å²) in [4.78, 5) is 19.1. The molecule has 10 nitrogen and oxygen atoms in total. The summed E-state index contributed by atoms with van der Waals surface area (Å²) in [5.41, 5.74) is 3.67. The van der Waals surface area contributed by atoms with Crippen molar-refractivity contribution in [2.45, 2.75) is 50.2 Å². The summed E-state index contributed by atoms with van der Waals surface area (Å²) in [6.07, 6.45) is 3.09. The number of aromatic nitrogens is 1. The number of carbonyl (C=O) groups excluding carboxylic acids is 1. The molecular formula is C46H49N2O8-. The van der Waals surface area contributed by atoms with Crippen LogP contribution in [-0.4, -0.2) is 65.3 Å². The van der Waals surface area contributed by atoms with Gasteiger partial charge in [-0.2, -0.15) is 12.4 Å². The molecule has 6 rings (SSSR count). The molecule has 0 aliphatic heterocycles. The van der Waals surface area contributed by atoms with Gasteiger partial charge in [0.25, 0.3) is 0 Å². The summed E-state index contributed by atoms with van der Waals surface area (Å²) in [5, 5.41) is 60.8. The van der Waals surface area contributed by atoms with Gasteiger partial charge in [-0.05, 0) is 101 Å². The SMILES string of the molecule is CNCc1cc(O)cc(C(CO)(Cc2ccc(O)c(OC)c2)C(=O)CC(O)C(Cc2cc[n-]c2)Cc2ccc(O)c(OC)c2Cc2cccc3ccccc23)c1. The van der Waals surface area contributed by atoms with E-state index in [1.807, 2.05) is 30.3 Å². The number of nitrogens with one attached hydrogen (secondary N) is 1. The Kier molecular flexibility index (Phi) is 12.6. The standard InChI is InChI=1S/C46H49N2O8/c1-47-26-31-18-36(23-37(50)19-31)46(28-49,25-29-11-13-40(51)43(20-29)55-2)44(54)24-42(53)35(17-30-15-16-48-27-30)21-34-12-14-41(52)45(56-3)39(34)22-33-9-6-8-32-7-4-5-10-38(32)33/h4-16,18-20,23,27,35,42,47,49-53H,17,21-22,24-26,28H2,1-3H3/q-1. The number of rotatable bonds is 18. The Balaban J connectivity index is 1.39. The third-order valence-corrected chi connectivity index (χ3v) is 10.8. The van der Waals surface area contributed by atoms with E-state index in [1.54, 1.807) is 49.8 Å². The molecule has 0 radical (unpaired) electrons. The third-order valence-electron chi connectivity index (χ3n) is 10.8. The van der Waals surface area contributed by atoms with E-state index in [9.17, 15) is 30.3 Å². The molecule has 10 heteroatoms. The molecule has 6 N–H and O–H groups in total. The Morgan fingerprint density at radius 1 is 0.821 bits per heavy atom. The van der Waals surface area contributed by atoms with Crippen molar-refractivity contribution in [3.63, 3.8) is 0 Å². The van der Waals surface area contributed by atoms with Crippen LogP contribution in [0.15, 0.2) is 109 Å². The molecule has 0 bridgehead atoms. The highest BCUT2D eigenvalue weighted by Gasteiger charge is 2.42. The van der Waals surface area contributed by atoms with Crippen LogP contribution in [0.5, 0.6) is 28.7 Å². The molecule has 56 heavy (non-hydrogen) atoms. The van der Waals surface area contributed by atoms with Gasteiger partial charge in [0.15, 0.2) is 23.0 Å². The zero-order valence-electron chi connectivity index (χ0n) is 31.9. The van der Waals surface area contributed by atoms with Gasteiger partial charge in [-0.3, -0.25) is 4.79 Å². The fourth-order valence-electron chi connectivity index (χ4n) is 7.86. The highest BCUT2D eigenvalue weighted by molar-refractivity contribution is 5.91. The average molecular weight is 758 g/mol. The molecule has 292 valence electrons. The molecule has 0 amide bonds. The molecule has 0 aliphatic rings. The Morgan fingerprint density at radius 2 is 1.61 bits per heavy atom. The monoisotopic (exact) mass is 757 g/mol. The number of hydrogen-bond acceptors (Lipinski definition) is 9. The van der Waals surface area contributed by atoms with Crippen LogP contribution in [-0.2, 0) is 42.4 Å². The molecule has 0 saturated heterocycles. The molecule has 3 unspecified atom stereocenters. The quantitative estimate of drug-likeness (QED) is 0.0601. The van der Waals surface area contributed by atoms with Gasteiger partial charge < -0.3 is 45.3 Å². The molecule has 0 aliphatic carbocycles. The van der Waals surface area contributed by atoms with Gasteiger partial charge >= 0.3 is 0 Å². The lowest BCUT2D eigenvalue weighted by molar-refractivity contribution is -0.129. The second-order valence-corrected chi connectivity index (χ2v) is 14.4. The summed E-state index contributed by atoms with van der Waals surface area (Å²) in [6.45, 7) is -0.217. The first-order chi connectivity index (χ1) is 27.1. The largest absolute Gasteiger partial charge is 0.670 e. The van der Waals surface area contributed by atoms with E-state index < -0.39 is 29.8 Å². The fraction of sp³-hybridized carbons (Fsp3) is 0.283. The lowest BCUT2D eigenvalue weighted by atomic mass is 9.70. The number of carbonyl (C=O) groups is 1. The van der Waals surface area contributed by atoms with Crippen LogP contribution in [0.2, 0.25) is 0 Å². The minimum absolute atomic E-state index is 0.00124. The van der Waals surface area contributed by atoms with Crippen LogP contribution in [0.1, 0.15) is 45.4 Å². The van der Waals surface area contributed by atoms with Gasteiger partial charge in [0.2, 0.25) is 0 Å². The number of ether oxygens (including phenoxy) is 2. The van der Waals surface area contributed by atoms with E-state index in [0.717, 1.165) is 33.0 Å². The Hall–Kier alpha value is -5.81. The van der Waals surface area contributed by atoms with Gasteiger partial charge in [-0.1, -0.05) is 72.3 Å². The van der Waals surface area contributed by atoms with Gasteiger partial charge in [0, 0.05) is 24.9 Å². The van der Waals surface area contributed by atoms with Crippen molar-refractivity contribution in [1.82, 2.24) is 10.3 Å². The molecule has 1 aromatic heterocycles. The maximum absolute atomic E-state index is 14.9. The zero-order chi connectivity index (χ0) is 39.8. The number of methoxy groups -OCH3 is 2. The highest BCUT2D eigenvalue weighted by atomic mass is 16.5. The Bertz CT molecular complexity index is 2260. The Labute approximate surface area is 327 Å². The van der Waals surface area contributed by atoms with Gasteiger partial charge in [-0.25, -0.2) is 0 Å². The lowest BCUT2D eigenvalue weighted by Gasteiger charge is -2.34. The predicted octanol–water partition coefficient (Wildman–Crippen LogP) is 6.14. The van der Waals surface area contributed by atoms with Crippen molar-refractivity contribution in [2.24, 2.45) is 5.92 Å². The van der Waals surface area contributed by atoms with Crippen molar-refractivity contribution in [3.8, 4) is 28.7 Å². The number of aromatic hydroxyl groups is 3. The third kappa shape index (κ3) is 8.68. The van der Waals surface area contributed by atoms with E-state index >= 15 is 0 Å². The maximum atomic E-state index is 14.9. The number of nitrogens with zero attached hydrogens (tertiary/aromatic N) is 1. The van der Waals surface area contributed by atoms with Crippen LogP contribution in [0.4, 0.5) is 0 Å². The summed E-state index contributed by atoms with van der Waals surface area (Å²) in [5.74, 6) is -0.509. The van der Waals surface area contributed by atoms with E-state index in [-0.39, 0.29) is 35.8 Å². The van der Waals surface area contributed by atoms with Crippen molar-refractivity contribution < 1.29 is 39.8 Å². The molecular weight excluding hydrogens is 709 g/mol. The van der Waals surface area contributed by atoms with Crippen molar-refractivity contribution in [3.05, 3.63) is 148 Å². The van der Waals surface area contributed by atoms with E-state index in [4.69, 9.17) is 9.47 Å². The second kappa shape index (κ2) is 17.8. The fourth-order valence-corrected chi connectivity index (χ4v) is 7.86. The van der Waals surface area contributed by atoms with Gasteiger partial charge in [0.05, 0.1) is 32.3 Å². The van der Waals surface area contributed by atoms with Crippen molar-refractivity contribution in [2.75, 3.05) is 27.9 Å². The van der Waals surface area contributed by atoms with E-state index in [1.165, 1.54) is 26.4 Å².